The normalized spacial score (nSPS) is 34.5. The van der Waals surface area contributed by atoms with Gasteiger partial charge in [0, 0.05) is 64.6 Å². The first kappa shape index (κ1) is 82.4. The SMILES string of the molecule is CC(=O)NCCCOP(=O)(O)OC1CC(C)OC1COP(=O)(O)OC1CC(C)OC1COP(=O)(O)OC1CC(C)OC1COP(=O)(O)OC1CC(C)OC1COP(=O)(O)OC1CC(n2cnc3c2N=CCC3=O)OC1COP(=O)(O)OC1CC(n2cnc3c2N=C(N)CC3=O)OC1COP(=O)(O)O. The number of nitrogens with two attached hydrogens (primary N) is 1. The summed E-state index contributed by atoms with van der Waals surface area (Å²) in [6, 6.07) is 0. The molecule has 0 aromatic carbocycles. The first-order valence-corrected chi connectivity index (χ1v) is 42.5. The van der Waals surface area contributed by atoms with Crippen LogP contribution in [0, 0.1) is 0 Å². The van der Waals surface area contributed by atoms with Crippen molar-refractivity contribution in [3.63, 3.8) is 0 Å². The minimum absolute atomic E-state index is 0.0285. The van der Waals surface area contributed by atoms with E-state index in [2.05, 4.69) is 29.8 Å². The van der Waals surface area contributed by atoms with E-state index in [1.165, 1.54) is 34.9 Å². The maximum atomic E-state index is 13.9. The van der Waals surface area contributed by atoms with Crippen molar-refractivity contribution in [2.24, 2.45) is 15.7 Å². The molecule has 0 spiro atoms. The highest BCUT2D eigenvalue weighted by Gasteiger charge is 2.51. The molecule has 10 heterocycles. The van der Waals surface area contributed by atoms with E-state index in [0.717, 1.165) is 0 Å². The predicted molar refractivity (Wildman–Crippen MR) is 340 cm³/mol. The van der Waals surface area contributed by atoms with E-state index in [-0.39, 0.29) is 106 Å². The first-order chi connectivity index (χ1) is 48.1. The molecule has 103 heavy (non-hydrogen) atoms. The van der Waals surface area contributed by atoms with Crippen LogP contribution in [0.1, 0.15) is 126 Å². The van der Waals surface area contributed by atoms with Crippen LogP contribution in [0.4, 0.5) is 11.6 Å². The lowest BCUT2D eigenvalue weighted by molar-refractivity contribution is -0.119. The number of hydrogen-bond donors (Lipinski definition) is 10. The molecule has 8 aliphatic rings. The fourth-order valence-corrected chi connectivity index (χ4v) is 18.3. The second-order valence-corrected chi connectivity index (χ2v) is 34.7. The molecule has 8 aliphatic heterocycles. The van der Waals surface area contributed by atoms with Crippen molar-refractivity contribution in [1.29, 1.82) is 0 Å². The van der Waals surface area contributed by atoms with Gasteiger partial charge in [-0.25, -0.2) is 51.9 Å². The number of carbonyl (C=O) groups excluding carboxylic acids is 3. The van der Waals surface area contributed by atoms with Gasteiger partial charge in [-0.3, -0.25) is 82.3 Å². The van der Waals surface area contributed by atoms with Gasteiger partial charge in [0.15, 0.2) is 34.6 Å². The fraction of sp³-hybridized carbons (Fsp3) is 0.784. The third-order valence-corrected chi connectivity index (χ3v) is 23.2. The molecule has 6 saturated heterocycles. The van der Waals surface area contributed by atoms with Crippen LogP contribution in [-0.4, -0.2) is 238 Å². The average molecular weight is 1620 g/mol. The number of nitrogens with zero attached hydrogens (tertiary/aromatic N) is 6. The van der Waals surface area contributed by atoms with Crippen molar-refractivity contribution in [2.75, 3.05) is 52.8 Å². The van der Waals surface area contributed by atoms with Gasteiger partial charge in [-0.2, -0.15) is 0 Å². The predicted octanol–water partition coefficient (Wildman–Crippen LogP) is 3.58. The van der Waals surface area contributed by atoms with E-state index in [4.69, 9.17) is 88.4 Å². The Kier molecular flexibility index (Phi) is 27.2. The molecule has 0 bridgehead atoms. The third-order valence-electron chi connectivity index (χ3n) is 16.6. The number of ketones is 2. The molecule has 2 aromatic rings. The summed E-state index contributed by atoms with van der Waals surface area (Å²) >= 11 is 0. The Bertz CT molecular complexity index is 3790. The van der Waals surface area contributed by atoms with E-state index < -0.39 is 216 Å². The lowest BCUT2D eigenvalue weighted by Crippen LogP contribution is -2.32. The molecule has 45 nitrogen and oxygen atoms in total. The number of hydrogen-bond acceptors (Lipinski definition) is 34. The van der Waals surface area contributed by atoms with Gasteiger partial charge in [0.1, 0.15) is 91.5 Å². The van der Waals surface area contributed by atoms with Gasteiger partial charge in [-0.15, -0.1) is 0 Å². The Morgan fingerprint density at radius 2 is 0.825 bits per heavy atom. The number of phosphoric acid groups is 7. The zero-order valence-corrected chi connectivity index (χ0v) is 61.7. The van der Waals surface area contributed by atoms with Crippen LogP contribution in [0.5, 0.6) is 0 Å². The van der Waals surface area contributed by atoms with E-state index in [1.807, 2.05) is 0 Å². The Morgan fingerprint density at radius 1 is 0.495 bits per heavy atom. The molecule has 52 heteroatoms. The van der Waals surface area contributed by atoms with Crippen molar-refractivity contribution < 1.29 is 173 Å². The lowest BCUT2D eigenvalue weighted by atomic mass is 10.1. The number of amides is 1. The summed E-state index contributed by atoms with van der Waals surface area (Å²) < 4.78 is 199. The van der Waals surface area contributed by atoms with Crippen molar-refractivity contribution in [1.82, 2.24) is 24.4 Å². The number of imidazole rings is 2. The fourth-order valence-electron chi connectivity index (χ4n) is 12.2. The number of amidine groups is 1. The highest BCUT2D eigenvalue weighted by molar-refractivity contribution is 7.49. The number of nitrogens with one attached hydrogen (secondary N) is 1. The number of aliphatic imine (C=N–C) groups is 2. The Morgan fingerprint density at radius 3 is 1.19 bits per heavy atom. The molecule has 24 unspecified atom stereocenters. The number of phosphoric ester groups is 7. The summed E-state index contributed by atoms with van der Waals surface area (Å²) in [5, 5.41) is 2.51. The molecular weight excluding hydrogens is 1530 g/mol. The monoisotopic (exact) mass is 1610 g/mol. The zero-order valence-electron chi connectivity index (χ0n) is 55.5. The third kappa shape index (κ3) is 23.2. The molecule has 0 radical (unpaired) electrons. The molecule has 1 amide bonds. The summed E-state index contributed by atoms with van der Waals surface area (Å²) in [6.45, 7) is 2.61. The van der Waals surface area contributed by atoms with Crippen LogP contribution in [0.3, 0.4) is 0 Å². The second-order valence-electron chi connectivity index (χ2n) is 25.0. The van der Waals surface area contributed by atoms with Gasteiger partial charge in [0.2, 0.25) is 5.91 Å². The Balaban J connectivity index is 0.709. The molecule has 582 valence electrons. The number of ether oxygens (including phenoxy) is 6. The van der Waals surface area contributed by atoms with Gasteiger partial charge in [0.25, 0.3) is 0 Å². The standard InChI is InChI=1S/C51H81N8O37P7/c1-26-11-33(91-98(66,67)78-10-6-8-53-30(5)60)39(85-26)19-80-99(68,69)92-34-12-27(2)86-40(34)20-81-100(70,71)93-35-13-28(3)87-41(35)21-82-101(72,73)94-36-14-29(4)88-42(36)22-83-102(74,75)96-38-16-46(58-24-55-48-31(61)7-9-54-50(48)58)90-44(38)23-84-103(76,77)95-37-17-47(89-43(37)18-79-97(63,64)65)59-25-56-49-32(62)15-45(52)57-51(49)59/h9,24-29,33-44,46-47H,6-8,10-23H2,1-5H3,(H2,52,57)(H,53,60)(H,66,67)(H,68,69)(H,70,71)(H,72,73)(H,74,75)(H,76,77)(H2,63,64,65). The molecular formula is C51H81N8O37P7. The van der Waals surface area contributed by atoms with Crippen LogP contribution in [0.15, 0.2) is 22.6 Å². The van der Waals surface area contributed by atoms with Crippen LogP contribution in [0.2, 0.25) is 0 Å². The number of aromatic nitrogens is 4. The van der Waals surface area contributed by atoms with Crippen molar-refractivity contribution >= 4 is 95.9 Å². The van der Waals surface area contributed by atoms with E-state index in [9.17, 15) is 85.5 Å². The smallest absolute Gasteiger partial charge is 0.387 e. The highest BCUT2D eigenvalue weighted by atomic mass is 31.2. The Labute approximate surface area is 586 Å². The van der Waals surface area contributed by atoms with E-state index in [1.54, 1.807) is 27.7 Å². The van der Waals surface area contributed by atoms with E-state index >= 15 is 0 Å². The number of Topliss-reactive ketones (excluding diaryl/α,β-unsaturated/α-hetero) is 2. The lowest BCUT2D eigenvalue weighted by Gasteiger charge is -2.26. The molecule has 24 atom stereocenters. The van der Waals surface area contributed by atoms with E-state index in [0.29, 0.717) is 0 Å². The minimum atomic E-state index is -5.35. The summed E-state index contributed by atoms with van der Waals surface area (Å²) in [7, 11) is -35.8. The van der Waals surface area contributed by atoms with Crippen LogP contribution in [0.25, 0.3) is 0 Å². The maximum absolute atomic E-state index is 13.9. The second kappa shape index (κ2) is 34.0. The quantitative estimate of drug-likeness (QED) is 0.0341. The zero-order chi connectivity index (χ0) is 74.8. The van der Waals surface area contributed by atoms with Gasteiger partial charge >= 0.3 is 54.8 Å². The minimum Gasteiger partial charge on any atom is -0.387 e. The average Bonchev–Trinajstić information content (AvgIpc) is 1.63. The summed E-state index contributed by atoms with van der Waals surface area (Å²) in [5.74, 6) is -1.23. The molecule has 0 aliphatic carbocycles. The summed E-state index contributed by atoms with van der Waals surface area (Å²) in [5.41, 5.74) is 5.74. The molecule has 10 rings (SSSR count). The maximum Gasteiger partial charge on any atom is 0.472 e. The number of rotatable bonds is 37. The van der Waals surface area contributed by atoms with Crippen molar-refractivity contribution in [3.05, 3.63) is 24.0 Å². The summed E-state index contributed by atoms with van der Waals surface area (Å²) in [6.07, 6.45) is -18.8. The van der Waals surface area contributed by atoms with Gasteiger partial charge in [-0.05, 0) is 34.1 Å². The highest BCUT2D eigenvalue weighted by Crippen LogP contribution is 2.57. The van der Waals surface area contributed by atoms with Crippen molar-refractivity contribution in [3.8, 4) is 0 Å². The summed E-state index contributed by atoms with van der Waals surface area (Å²) in [4.78, 5) is 137. The number of carbonyl (C=O) groups is 3. The number of fused-ring (bicyclic) bond motifs is 2. The van der Waals surface area contributed by atoms with Crippen LogP contribution < -0.4 is 11.1 Å². The van der Waals surface area contributed by atoms with Crippen LogP contribution >= 0.6 is 54.8 Å². The largest absolute Gasteiger partial charge is 0.472 e. The van der Waals surface area contributed by atoms with Gasteiger partial charge in [0.05, 0.1) is 89.7 Å². The Hall–Kier alpha value is -3.10. The molecule has 0 saturated carbocycles. The molecule has 2 aromatic heterocycles. The molecule has 6 fully saturated rings. The molecule has 11 N–H and O–H groups in total. The van der Waals surface area contributed by atoms with Crippen molar-refractivity contribution in [2.45, 2.75) is 203 Å². The van der Waals surface area contributed by atoms with Crippen LogP contribution in [-0.2, 0) is 124 Å². The van der Waals surface area contributed by atoms with Gasteiger partial charge < -0.3 is 78.6 Å². The van der Waals surface area contributed by atoms with Gasteiger partial charge in [-0.1, -0.05) is 0 Å². The topological polar surface area (TPSA) is 606 Å². The first-order valence-electron chi connectivity index (χ1n) is 32.0.